The minimum atomic E-state index is -0.733. The third-order valence-corrected chi connectivity index (χ3v) is 5.03. The number of alkyl halides is 1. The van der Waals surface area contributed by atoms with E-state index < -0.39 is 11.5 Å². The molecule has 0 spiro atoms. The molecule has 102 valence electrons. The van der Waals surface area contributed by atoms with Crippen LogP contribution in [-0.4, -0.2) is 23.3 Å². The van der Waals surface area contributed by atoms with Gasteiger partial charge in [0.05, 0.1) is 18.1 Å². The van der Waals surface area contributed by atoms with Crippen molar-refractivity contribution in [3.63, 3.8) is 0 Å². The van der Waals surface area contributed by atoms with Crippen molar-refractivity contribution in [3.8, 4) is 5.75 Å². The predicted molar refractivity (Wildman–Crippen MR) is 78.8 cm³/mol. The van der Waals surface area contributed by atoms with Crippen LogP contribution in [0.1, 0.15) is 35.9 Å². The van der Waals surface area contributed by atoms with Crippen molar-refractivity contribution >= 4 is 34.3 Å². The Morgan fingerprint density at radius 3 is 2.68 bits per heavy atom. The lowest BCUT2D eigenvalue weighted by Gasteiger charge is -2.27. The van der Waals surface area contributed by atoms with Gasteiger partial charge in [0.15, 0.2) is 5.78 Å². The first-order valence-corrected chi connectivity index (χ1v) is 7.43. The fourth-order valence-corrected chi connectivity index (χ4v) is 3.16. The van der Waals surface area contributed by atoms with E-state index in [4.69, 9.17) is 9.47 Å². The maximum absolute atomic E-state index is 12.6. The molecule has 0 fully saturated rings. The largest absolute Gasteiger partial charge is 0.496 e. The van der Waals surface area contributed by atoms with Crippen molar-refractivity contribution in [2.45, 2.75) is 20.0 Å². The zero-order valence-corrected chi connectivity index (χ0v) is 13.2. The Bertz CT molecular complexity index is 540. The molecule has 0 heterocycles. The van der Waals surface area contributed by atoms with Gasteiger partial charge in [-0.15, -0.1) is 0 Å². The second kappa shape index (κ2) is 5.11. The first kappa shape index (κ1) is 14.3. The third-order valence-electron chi connectivity index (χ3n) is 3.45. The number of ketones is 1. The monoisotopic (exact) mass is 374 g/mol. The Kier molecular flexibility index (Phi) is 3.85. The van der Waals surface area contributed by atoms with Crippen molar-refractivity contribution in [1.82, 2.24) is 0 Å². The van der Waals surface area contributed by atoms with E-state index in [1.807, 2.05) is 13.0 Å². The molecule has 0 aromatic heterocycles. The van der Waals surface area contributed by atoms with Crippen LogP contribution in [0.2, 0.25) is 0 Å². The lowest BCUT2D eigenvalue weighted by Crippen LogP contribution is -2.32. The number of hydrogen-bond acceptors (Lipinski definition) is 4. The fourth-order valence-electron chi connectivity index (χ4n) is 2.42. The first-order chi connectivity index (χ1) is 8.95. The first-order valence-electron chi connectivity index (χ1n) is 5.90. The Morgan fingerprint density at radius 2 is 2.16 bits per heavy atom. The molecule has 1 aromatic rings. The number of carbonyl (C=O) groups excluding carboxylic acids is 2. The third kappa shape index (κ3) is 2.13. The number of rotatable bonds is 3. The van der Waals surface area contributed by atoms with Crippen LogP contribution in [0.3, 0.4) is 0 Å². The van der Waals surface area contributed by atoms with Crippen molar-refractivity contribution in [2.24, 2.45) is 5.41 Å². The molecule has 2 atom stereocenters. The molecule has 0 N–H and O–H groups in total. The zero-order chi connectivity index (χ0) is 14.2. The molecule has 1 unspecified atom stereocenters. The number of carbonyl (C=O) groups is 2. The number of Topliss-reactive ketones (excluding diaryl/α,β-unsaturated/α-hetero) is 1. The van der Waals surface area contributed by atoms with Gasteiger partial charge in [0.1, 0.15) is 11.9 Å². The summed E-state index contributed by atoms with van der Waals surface area (Å²) in [6.07, 6.45) is -0.542. The van der Waals surface area contributed by atoms with E-state index >= 15 is 0 Å². The second-order valence-electron chi connectivity index (χ2n) is 4.79. The minimum Gasteiger partial charge on any atom is -0.496 e. The molecule has 0 radical (unpaired) electrons. The summed E-state index contributed by atoms with van der Waals surface area (Å²) in [5.41, 5.74) is 0.539. The van der Waals surface area contributed by atoms with Crippen LogP contribution in [0.25, 0.3) is 0 Å². The van der Waals surface area contributed by atoms with Crippen LogP contribution in [0.4, 0.5) is 0 Å². The van der Waals surface area contributed by atoms with Gasteiger partial charge in [0, 0.05) is 16.9 Å². The Hall–Kier alpha value is -1.11. The maximum Gasteiger partial charge on any atom is 0.303 e. The summed E-state index contributed by atoms with van der Waals surface area (Å²) in [6, 6.07) is 5.38. The van der Waals surface area contributed by atoms with Crippen molar-refractivity contribution < 1.29 is 19.1 Å². The molecule has 1 aliphatic carbocycles. The van der Waals surface area contributed by atoms with Gasteiger partial charge in [-0.25, -0.2) is 0 Å². The summed E-state index contributed by atoms with van der Waals surface area (Å²) < 4.78 is 11.2. The molecule has 0 saturated heterocycles. The van der Waals surface area contributed by atoms with Crippen LogP contribution < -0.4 is 4.74 Å². The second-order valence-corrected chi connectivity index (χ2v) is 5.56. The summed E-state index contributed by atoms with van der Waals surface area (Å²) in [5, 5.41) is 0. The number of esters is 1. The molecular formula is C14H15IO4. The van der Waals surface area contributed by atoms with Gasteiger partial charge in [-0.1, -0.05) is 34.7 Å². The SMILES string of the molecule is COc1cccc2c1C(=O)C(C)(CI)[C@H]2OC(C)=O. The molecule has 2 rings (SSSR count). The molecule has 1 aromatic carbocycles. The molecule has 0 saturated carbocycles. The van der Waals surface area contributed by atoms with E-state index in [0.29, 0.717) is 15.7 Å². The van der Waals surface area contributed by atoms with Crippen molar-refractivity contribution in [2.75, 3.05) is 11.5 Å². The average molecular weight is 374 g/mol. The van der Waals surface area contributed by atoms with Gasteiger partial charge in [0.2, 0.25) is 0 Å². The highest BCUT2D eigenvalue weighted by Crippen LogP contribution is 2.51. The van der Waals surface area contributed by atoms with Gasteiger partial charge in [0.25, 0.3) is 0 Å². The number of fused-ring (bicyclic) bond motifs is 1. The summed E-state index contributed by atoms with van der Waals surface area (Å²) >= 11 is 2.15. The van der Waals surface area contributed by atoms with E-state index in [9.17, 15) is 9.59 Å². The van der Waals surface area contributed by atoms with Crippen LogP contribution in [0, 0.1) is 5.41 Å². The van der Waals surface area contributed by atoms with Crippen molar-refractivity contribution in [1.29, 1.82) is 0 Å². The summed E-state index contributed by atoms with van der Waals surface area (Å²) in [5.74, 6) is 0.123. The fraction of sp³-hybridized carbons (Fsp3) is 0.429. The van der Waals surface area contributed by atoms with Crippen LogP contribution >= 0.6 is 22.6 Å². The molecule has 0 aliphatic heterocycles. The van der Waals surface area contributed by atoms with E-state index in [-0.39, 0.29) is 11.8 Å². The number of halogens is 1. The number of methoxy groups -OCH3 is 1. The number of hydrogen-bond donors (Lipinski definition) is 0. The van der Waals surface area contributed by atoms with Crippen molar-refractivity contribution in [3.05, 3.63) is 29.3 Å². The van der Waals surface area contributed by atoms with E-state index in [2.05, 4.69) is 22.6 Å². The number of ether oxygens (including phenoxy) is 2. The van der Waals surface area contributed by atoms with Gasteiger partial charge >= 0.3 is 5.97 Å². The Morgan fingerprint density at radius 1 is 1.47 bits per heavy atom. The highest BCUT2D eigenvalue weighted by Gasteiger charge is 2.52. The van der Waals surface area contributed by atoms with Crippen LogP contribution in [0.15, 0.2) is 18.2 Å². The molecule has 5 heteroatoms. The smallest absolute Gasteiger partial charge is 0.303 e. The Labute approximate surface area is 125 Å². The van der Waals surface area contributed by atoms with E-state index in [1.54, 1.807) is 12.1 Å². The van der Waals surface area contributed by atoms with Gasteiger partial charge in [-0.2, -0.15) is 0 Å². The van der Waals surface area contributed by atoms with E-state index in [1.165, 1.54) is 14.0 Å². The summed E-state index contributed by atoms with van der Waals surface area (Å²) in [7, 11) is 1.53. The molecule has 0 bridgehead atoms. The van der Waals surface area contributed by atoms with Gasteiger partial charge in [-0.05, 0) is 13.0 Å². The minimum absolute atomic E-state index is 0.0272. The normalized spacial score (nSPS) is 25.1. The average Bonchev–Trinajstić information content (AvgIpc) is 2.61. The molecular weight excluding hydrogens is 359 g/mol. The molecule has 1 aliphatic rings. The summed E-state index contributed by atoms with van der Waals surface area (Å²) in [6.45, 7) is 3.19. The van der Waals surface area contributed by atoms with Gasteiger partial charge in [-0.3, -0.25) is 9.59 Å². The van der Waals surface area contributed by atoms with Crippen LogP contribution in [-0.2, 0) is 9.53 Å². The van der Waals surface area contributed by atoms with Gasteiger partial charge < -0.3 is 9.47 Å². The van der Waals surface area contributed by atoms with E-state index in [0.717, 1.165) is 5.56 Å². The highest BCUT2D eigenvalue weighted by atomic mass is 127. The standard InChI is InChI=1S/C14H15IO4/c1-8(16)19-13-9-5-4-6-10(18-3)11(9)12(17)14(13,2)7-15/h4-6,13H,7H2,1-3H3/t13-,14?/m0/s1. The predicted octanol–water partition coefficient (Wildman–Crippen LogP) is 2.94. The van der Waals surface area contributed by atoms with Crippen LogP contribution in [0.5, 0.6) is 5.75 Å². The Balaban J connectivity index is 2.61. The zero-order valence-electron chi connectivity index (χ0n) is 11.0. The molecule has 19 heavy (non-hydrogen) atoms. The maximum atomic E-state index is 12.6. The lowest BCUT2D eigenvalue weighted by atomic mass is 9.86. The number of benzene rings is 1. The molecule has 0 amide bonds. The highest BCUT2D eigenvalue weighted by molar-refractivity contribution is 14.1. The summed E-state index contributed by atoms with van der Waals surface area (Å²) in [4.78, 5) is 24.0. The topological polar surface area (TPSA) is 52.6 Å². The lowest BCUT2D eigenvalue weighted by molar-refractivity contribution is -0.150. The quantitative estimate of drug-likeness (QED) is 0.464. The molecule has 4 nitrogen and oxygen atoms in total.